The lowest BCUT2D eigenvalue weighted by Crippen LogP contribution is -2.03. The van der Waals surface area contributed by atoms with Crippen molar-refractivity contribution >= 4 is 34.5 Å². The third-order valence-electron chi connectivity index (χ3n) is 2.41. The quantitative estimate of drug-likeness (QED) is 0.924. The number of nitrogens with zero attached hydrogens (tertiary/aromatic N) is 1. The Morgan fingerprint density at radius 2 is 2.18 bits per heavy atom. The Balaban J connectivity index is 2.20. The van der Waals surface area contributed by atoms with Crippen LogP contribution in [0.3, 0.4) is 0 Å². The monoisotopic (exact) mass is 287 g/mol. The van der Waals surface area contributed by atoms with Crippen LogP contribution in [0.15, 0.2) is 23.6 Å². The van der Waals surface area contributed by atoms with Gasteiger partial charge < -0.3 is 5.11 Å². The third kappa shape index (κ3) is 2.99. The molecule has 5 heteroatoms. The van der Waals surface area contributed by atoms with Crippen molar-refractivity contribution in [3.8, 4) is 0 Å². The van der Waals surface area contributed by atoms with Gasteiger partial charge in [-0.05, 0) is 13.0 Å². The third-order valence-corrected chi connectivity index (χ3v) is 4.07. The minimum atomic E-state index is -0.678. The average Bonchev–Trinajstić information content (AvgIpc) is 2.68. The maximum absolute atomic E-state index is 10.1. The molecule has 1 aromatic carbocycles. The molecule has 0 aliphatic rings. The van der Waals surface area contributed by atoms with E-state index in [1.807, 2.05) is 12.3 Å². The van der Waals surface area contributed by atoms with Crippen molar-refractivity contribution in [2.24, 2.45) is 0 Å². The first kappa shape index (κ1) is 12.8. The largest absolute Gasteiger partial charge is 0.388 e. The van der Waals surface area contributed by atoms with Gasteiger partial charge in [0, 0.05) is 17.4 Å². The highest BCUT2D eigenvalue weighted by Gasteiger charge is 2.15. The molecule has 90 valence electrons. The molecule has 1 atom stereocenters. The molecular weight excluding hydrogens is 277 g/mol. The average molecular weight is 288 g/mol. The molecule has 2 nitrogen and oxygen atoms in total. The summed E-state index contributed by atoms with van der Waals surface area (Å²) in [6.45, 7) is 1.94. The lowest BCUT2D eigenvalue weighted by atomic mass is 10.1. The number of rotatable bonds is 3. The maximum Gasteiger partial charge on any atom is 0.0897 e. The van der Waals surface area contributed by atoms with Crippen molar-refractivity contribution in [2.75, 3.05) is 0 Å². The molecule has 0 radical (unpaired) electrons. The molecular formula is C12H11Cl2NOS. The molecule has 0 fully saturated rings. The molecule has 1 aromatic heterocycles. The summed E-state index contributed by atoms with van der Waals surface area (Å²) in [7, 11) is 0. The number of halogens is 2. The van der Waals surface area contributed by atoms with Crippen LogP contribution in [0.2, 0.25) is 10.0 Å². The molecule has 1 N–H and O–H groups in total. The van der Waals surface area contributed by atoms with Crippen LogP contribution in [0.4, 0.5) is 0 Å². The minimum Gasteiger partial charge on any atom is -0.388 e. The molecule has 1 heterocycles. The van der Waals surface area contributed by atoms with Crippen molar-refractivity contribution in [3.63, 3.8) is 0 Å². The Bertz CT molecular complexity index is 527. The zero-order chi connectivity index (χ0) is 12.4. The second kappa shape index (κ2) is 5.36. The van der Waals surface area contributed by atoms with Gasteiger partial charge >= 0.3 is 0 Å². The van der Waals surface area contributed by atoms with E-state index in [2.05, 4.69) is 4.98 Å². The predicted molar refractivity (Wildman–Crippen MR) is 72.0 cm³/mol. The zero-order valence-corrected chi connectivity index (χ0v) is 11.5. The number of aromatic nitrogens is 1. The topological polar surface area (TPSA) is 33.1 Å². The first-order chi connectivity index (χ1) is 8.08. The molecule has 2 aromatic rings. The summed E-state index contributed by atoms with van der Waals surface area (Å²) in [5.41, 5.74) is 1.51. The van der Waals surface area contributed by atoms with Crippen molar-refractivity contribution < 1.29 is 5.11 Å². The van der Waals surface area contributed by atoms with Crippen molar-refractivity contribution in [1.29, 1.82) is 0 Å². The molecule has 0 spiro atoms. The summed E-state index contributed by atoms with van der Waals surface area (Å²) in [5.74, 6) is 0. The molecule has 0 bridgehead atoms. The van der Waals surface area contributed by atoms with Crippen LogP contribution in [0, 0.1) is 6.92 Å². The van der Waals surface area contributed by atoms with Gasteiger partial charge in [-0.3, -0.25) is 0 Å². The Hall–Kier alpha value is -0.610. The van der Waals surface area contributed by atoms with Crippen molar-refractivity contribution in [3.05, 3.63) is 49.9 Å². The van der Waals surface area contributed by atoms with Crippen LogP contribution in [-0.2, 0) is 6.42 Å². The van der Waals surface area contributed by atoms with E-state index in [0.29, 0.717) is 22.0 Å². The molecule has 0 amide bonds. The zero-order valence-electron chi connectivity index (χ0n) is 9.15. The van der Waals surface area contributed by atoms with Crippen LogP contribution in [0.5, 0.6) is 0 Å². The van der Waals surface area contributed by atoms with Crippen molar-refractivity contribution in [1.82, 2.24) is 4.98 Å². The molecule has 2 rings (SSSR count). The van der Waals surface area contributed by atoms with E-state index in [-0.39, 0.29) is 0 Å². The number of aliphatic hydroxyl groups is 1. The SMILES string of the molecule is Cc1nc(CC(O)c2cccc(Cl)c2Cl)cs1. The molecule has 0 aliphatic carbocycles. The molecule has 1 unspecified atom stereocenters. The fourth-order valence-electron chi connectivity index (χ4n) is 1.59. The van der Waals surface area contributed by atoms with Crippen LogP contribution in [0.1, 0.15) is 22.4 Å². The second-order valence-corrected chi connectivity index (χ2v) is 5.57. The van der Waals surface area contributed by atoms with Crippen LogP contribution in [0.25, 0.3) is 0 Å². The number of aliphatic hydroxyl groups excluding tert-OH is 1. The van der Waals surface area contributed by atoms with Gasteiger partial charge in [0.1, 0.15) is 0 Å². The molecule has 17 heavy (non-hydrogen) atoms. The number of hydrogen-bond acceptors (Lipinski definition) is 3. The van der Waals surface area contributed by atoms with E-state index in [1.54, 1.807) is 29.5 Å². The van der Waals surface area contributed by atoms with Gasteiger partial charge in [-0.2, -0.15) is 0 Å². The molecule has 0 saturated carbocycles. The van der Waals surface area contributed by atoms with E-state index in [9.17, 15) is 5.11 Å². The molecule has 0 aliphatic heterocycles. The van der Waals surface area contributed by atoms with Gasteiger partial charge in [-0.15, -0.1) is 11.3 Å². The highest BCUT2D eigenvalue weighted by atomic mass is 35.5. The highest BCUT2D eigenvalue weighted by Crippen LogP contribution is 2.31. The van der Waals surface area contributed by atoms with E-state index in [0.717, 1.165) is 10.7 Å². The van der Waals surface area contributed by atoms with E-state index >= 15 is 0 Å². The van der Waals surface area contributed by atoms with E-state index < -0.39 is 6.10 Å². The van der Waals surface area contributed by atoms with Gasteiger partial charge in [0.15, 0.2) is 0 Å². The number of benzene rings is 1. The summed E-state index contributed by atoms with van der Waals surface area (Å²) in [6.07, 6.45) is -0.229. The van der Waals surface area contributed by atoms with E-state index in [4.69, 9.17) is 23.2 Å². The van der Waals surface area contributed by atoms with Gasteiger partial charge in [0.25, 0.3) is 0 Å². The maximum atomic E-state index is 10.1. The van der Waals surface area contributed by atoms with E-state index in [1.165, 1.54) is 0 Å². The van der Waals surface area contributed by atoms with Gasteiger partial charge in [0.2, 0.25) is 0 Å². The number of aryl methyl sites for hydroxylation is 1. The Morgan fingerprint density at radius 1 is 1.41 bits per heavy atom. The predicted octanol–water partition coefficient (Wildman–Crippen LogP) is 4.03. The minimum absolute atomic E-state index is 0.411. The van der Waals surface area contributed by atoms with Crippen molar-refractivity contribution in [2.45, 2.75) is 19.4 Å². The standard InChI is InChI=1S/C12H11Cl2NOS/c1-7-15-8(6-17-7)5-11(16)9-3-2-4-10(13)12(9)14/h2-4,6,11,16H,5H2,1H3. The van der Waals surface area contributed by atoms with Crippen LogP contribution < -0.4 is 0 Å². The first-order valence-corrected chi connectivity index (χ1v) is 6.74. The van der Waals surface area contributed by atoms with Gasteiger partial charge in [0.05, 0.1) is 26.9 Å². The Labute approximate surface area is 114 Å². The lowest BCUT2D eigenvalue weighted by Gasteiger charge is -2.12. The summed E-state index contributed by atoms with van der Waals surface area (Å²) in [4.78, 5) is 4.31. The fraction of sp³-hybridized carbons (Fsp3) is 0.250. The Morgan fingerprint density at radius 3 is 2.82 bits per heavy atom. The number of hydrogen-bond donors (Lipinski definition) is 1. The highest BCUT2D eigenvalue weighted by molar-refractivity contribution is 7.09. The smallest absolute Gasteiger partial charge is 0.0897 e. The fourth-order valence-corrected chi connectivity index (χ4v) is 2.65. The second-order valence-electron chi connectivity index (χ2n) is 3.72. The molecule has 0 saturated heterocycles. The van der Waals surface area contributed by atoms with Gasteiger partial charge in [-0.1, -0.05) is 35.3 Å². The normalized spacial score (nSPS) is 12.7. The first-order valence-electron chi connectivity index (χ1n) is 5.11. The van der Waals surface area contributed by atoms with Crippen LogP contribution in [-0.4, -0.2) is 10.1 Å². The lowest BCUT2D eigenvalue weighted by molar-refractivity contribution is 0.177. The van der Waals surface area contributed by atoms with Crippen LogP contribution >= 0.6 is 34.5 Å². The number of thiazole rings is 1. The summed E-state index contributed by atoms with van der Waals surface area (Å²) in [6, 6.07) is 5.25. The summed E-state index contributed by atoms with van der Waals surface area (Å²) in [5, 5.41) is 13.9. The Kier molecular flexibility index (Phi) is 4.05. The summed E-state index contributed by atoms with van der Waals surface area (Å²) >= 11 is 13.5. The summed E-state index contributed by atoms with van der Waals surface area (Å²) < 4.78 is 0. The van der Waals surface area contributed by atoms with Gasteiger partial charge in [-0.25, -0.2) is 4.98 Å².